The van der Waals surface area contributed by atoms with E-state index in [0.29, 0.717) is 6.54 Å². The van der Waals surface area contributed by atoms with E-state index in [0.717, 1.165) is 5.76 Å². The van der Waals surface area contributed by atoms with Crippen molar-refractivity contribution >= 4 is 33.2 Å². The molecular formula is C21H22ClN3O4S. The number of hydrogen-bond acceptors (Lipinski definition) is 5. The summed E-state index contributed by atoms with van der Waals surface area (Å²) in [6.45, 7) is 0.300. The van der Waals surface area contributed by atoms with Gasteiger partial charge in [-0.1, -0.05) is 29.8 Å². The molecule has 1 atom stereocenters. The van der Waals surface area contributed by atoms with Gasteiger partial charge < -0.3 is 9.73 Å². The summed E-state index contributed by atoms with van der Waals surface area (Å²) in [4.78, 5) is 14.5. The maximum atomic E-state index is 12.7. The maximum Gasteiger partial charge on any atom is 0.261 e. The van der Waals surface area contributed by atoms with Gasteiger partial charge in [0.05, 0.1) is 27.9 Å². The predicted octanol–water partition coefficient (Wildman–Crippen LogP) is 3.77. The number of carbonyl (C=O) groups is 1. The van der Waals surface area contributed by atoms with E-state index >= 15 is 0 Å². The summed E-state index contributed by atoms with van der Waals surface area (Å²) in [6.07, 6.45) is 1.58. The van der Waals surface area contributed by atoms with Gasteiger partial charge in [-0.15, -0.1) is 0 Å². The fourth-order valence-electron chi connectivity index (χ4n) is 2.86. The molecule has 0 spiro atoms. The molecule has 0 bridgehead atoms. The molecule has 2 aromatic carbocycles. The molecule has 7 nitrogen and oxygen atoms in total. The van der Waals surface area contributed by atoms with Gasteiger partial charge >= 0.3 is 0 Å². The molecule has 0 aliphatic heterocycles. The topological polar surface area (TPSA) is 91.7 Å². The van der Waals surface area contributed by atoms with E-state index in [2.05, 4.69) is 10.0 Å². The number of nitrogens with zero attached hydrogens (tertiary/aromatic N) is 1. The minimum atomic E-state index is -3.91. The van der Waals surface area contributed by atoms with Crippen molar-refractivity contribution in [3.05, 3.63) is 83.3 Å². The van der Waals surface area contributed by atoms with Gasteiger partial charge in [-0.2, -0.15) is 0 Å². The number of hydrogen-bond donors (Lipinski definition) is 2. The van der Waals surface area contributed by atoms with Gasteiger partial charge in [0.15, 0.2) is 0 Å². The zero-order valence-corrected chi connectivity index (χ0v) is 18.1. The highest BCUT2D eigenvalue weighted by Gasteiger charge is 2.20. The quantitative estimate of drug-likeness (QED) is 0.548. The van der Waals surface area contributed by atoms with Crippen molar-refractivity contribution in [2.45, 2.75) is 10.9 Å². The lowest BCUT2D eigenvalue weighted by molar-refractivity contribution is 0.0939. The molecule has 1 amide bonds. The molecule has 1 heterocycles. The van der Waals surface area contributed by atoms with Crippen molar-refractivity contribution in [3.8, 4) is 0 Å². The Balaban J connectivity index is 1.74. The van der Waals surface area contributed by atoms with Crippen molar-refractivity contribution < 1.29 is 17.6 Å². The molecule has 3 aromatic rings. The van der Waals surface area contributed by atoms with E-state index < -0.39 is 10.0 Å². The number of nitrogens with one attached hydrogen (secondary N) is 2. The van der Waals surface area contributed by atoms with E-state index in [4.69, 9.17) is 16.0 Å². The molecule has 9 heteroatoms. The first-order valence-electron chi connectivity index (χ1n) is 9.13. The molecule has 0 radical (unpaired) electrons. The molecule has 0 saturated heterocycles. The summed E-state index contributed by atoms with van der Waals surface area (Å²) < 4.78 is 33.3. The van der Waals surface area contributed by atoms with Crippen LogP contribution in [0.1, 0.15) is 22.2 Å². The molecule has 2 N–H and O–H groups in total. The standard InChI is InChI=1S/C21H22ClN3O4S/c1-25(2)19(20-11-6-12-29-20)14-23-21(26)15-7-5-8-16(13-15)30(27,28)24-18-10-4-3-9-17(18)22/h3-13,19,24H,14H2,1-2H3,(H,23,26)/t19-/m1/s1. The highest BCUT2D eigenvalue weighted by molar-refractivity contribution is 7.92. The van der Waals surface area contributed by atoms with Gasteiger partial charge in [-0.3, -0.25) is 14.4 Å². The first-order chi connectivity index (χ1) is 14.3. The van der Waals surface area contributed by atoms with Gasteiger partial charge in [0.1, 0.15) is 5.76 Å². The highest BCUT2D eigenvalue weighted by Crippen LogP contribution is 2.24. The van der Waals surface area contributed by atoms with Crippen molar-refractivity contribution in [1.82, 2.24) is 10.2 Å². The molecule has 30 heavy (non-hydrogen) atoms. The highest BCUT2D eigenvalue weighted by atomic mass is 35.5. The minimum absolute atomic E-state index is 0.0368. The zero-order valence-electron chi connectivity index (χ0n) is 16.5. The second-order valence-electron chi connectivity index (χ2n) is 6.82. The third kappa shape index (κ3) is 5.21. The molecule has 158 valence electrons. The van der Waals surface area contributed by atoms with E-state index in [1.54, 1.807) is 42.7 Å². The van der Waals surface area contributed by atoms with Crippen LogP contribution in [0.2, 0.25) is 5.02 Å². The second-order valence-corrected chi connectivity index (χ2v) is 8.91. The first kappa shape index (κ1) is 21.9. The second kappa shape index (κ2) is 9.34. The van der Waals surface area contributed by atoms with Crippen LogP contribution < -0.4 is 10.0 Å². The van der Waals surface area contributed by atoms with Gasteiger partial charge in [-0.25, -0.2) is 8.42 Å². The van der Waals surface area contributed by atoms with Crippen LogP contribution in [-0.4, -0.2) is 39.9 Å². The van der Waals surface area contributed by atoms with Crippen LogP contribution in [0.3, 0.4) is 0 Å². The van der Waals surface area contributed by atoms with Crippen LogP contribution in [0.5, 0.6) is 0 Å². The van der Waals surface area contributed by atoms with Crippen molar-refractivity contribution in [2.75, 3.05) is 25.4 Å². The van der Waals surface area contributed by atoms with Crippen molar-refractivity contribution in [1.29, 1.82) is 0 Å². The van der Waals surface area contributed by atoms with E-state index in [-0.39, 0.29) is 33.1 Å². The predicted molar refractivity (Wildman–Crippen MR) is 116 cm³/mol. The average Bonchev–Trinajstić information content (AvgIpc) is 3.24. The largest absolute Gasteiger partial charge is 0.468 e. The molecule has 1 aromatic heterocycles. The fourth-order valence-corrected chi connectivity index (χ4v) is 4.23. The summed E-state index contributed by atoms with van der Waals surface area (Å²) in [5.74, 6) is 0.337. The molecular weight excluding hydrogens is 426 g/mol. The summed E-state index contributed by atoms with van der Waals surface area (Å²) in [6, 6.07) is 15.8. The number of likely N-dealkylation sites (N-methyl/N-ethyl adjacent to an activating group) is 1. The number of para-hydroxylation sites is 1. The van der Waals surface area contributed by atoms with Crippen LogP contribution >= 0.6 is 11.6 Å². The van der Waals surface area contributed by atoms with Gasteiger partial charge in [0.2, 0.25) is 0 Å². The van der Waals surface area contributed by atoms with Crippen LogP contribution in [0.4, 0.5) is 5.69 Å². The van der Waals surface area contributed by atoms with Gasteiger partial charge in [0.25, 0.3) is 15.9 Å². The summed E-state index contributed by atoms with van der Waals surface area (Å²) in [5, 5.41) is 3.11. The Bertz CT molecular complexity index is 1110. The molecule has 0 saturated carbocycles. The molecule has 0 aliphatic rings. The third-order valence-electron chi connectivity index (χ3n) is 4.48. The number of rotatable bonds is 8. The average molecular weight is 448 g/mol. The summed E-state index contributed by atoms with van der Waals surface area (Å²) >= 11 is 6.04. The minimum Gasteiger partial charge on any atom is -0.468 e. The zero-order chi connectivity index (χ0) is 21.7. The lowest BCUT2D eigenvalue weighted by Gasteiger charge is -2.22. The Hall–Kier alpha value is -2.81. The Kier molecular flexibility index (Phi) is 6.81. The van der Waals surface area contributed by atoms with Crippen LogP contribution in [-0.2, 0) is 10.0 Å². The van der Waals surface area contributed by atoms with E-state index in [1.165, 1.54) is 18.2 Å². The Labute approximate surface area is 180 Å². The molecule has 0 fully saturated rings. The third-order valence-corrected chi connectivity index (χ3v) is 6.17. The van der Waals surface area contributed by atoms with Gasteiger partial charge in [-0.05, 0) is 56.6 Å². The molecule has 0 unspecified atom stereocenters. The normalized spacial score (nSPS) is 12.5. The number of benzene rings is 2. The monoisotopic (exact) mass is 447 g/mol. The smallest absolute Gasteiger partial charge is 0.261 e. The number of furan rings is 1. The molecule has 3 rings (SSSR count). The summed E-state index contributed by atoms with van der Waals surface area (Å²) in [5.41, 5.74) is 0.496. The lowest BCUT2D eigenvalue weighted by Crippen LogP contribution is -2.34. The number of anilines is 1. The lowest BCUT2D eigenvalue weighted by atomic mass is 10.2. The Morgan fingerprint density at radius 2 is 1.87 bits per heavy atom. The van der Waals surface area contributed by atoms with E-state index in [1.807, 2.05) is 25.1 Å². The number of halogens is 1. The number of sulfonamides is 1. The molecule has 0 aliphatic carbocycles. The Morgan fingerprint density at radius 3 is 2.53 bits per heavy atom. The van der Waals surface area contributed by atoms with Gasteiger partial charge in [0, 0.05) is 12.1 Å². The summed E-state index contributed by atoms with van der Waals surface area (Å²) in [7, 11) is -0.146. The Morgan fingerprint density at radius 1 is 1.10 bits per heavy atom. The van der Waals surface area contributed by atoms with Crippen molar-refractivity contribution in [3.63, 3.8) is 0 Å². The number of carbonyl (C=O) groups excluding carboxylic acids is 1. The van der Waals surface area contributed by atoms with Crippen LogP contribution in [0.15, 0.2) is 76.2 Å². The van der Waals surface area contributed by atoms with Crippen LogP contribution in [0.25, 0.3) is 0 Å². The maximum absolute atomic E-state index is 12.7. The van der Waals surface area contributed by atoms with E-state index in [9.17, 15) is 13.2 Å². The first-order valence-corrected chi connectivity index (χ1v) is 11.0. The fraction of sp³-hybridized carbons (Fsp3) is 0.190. The van der Waals surface area contributed by atoms with Crippen molar-refractivity contribution in [2.24, 2.45) is 0 Å². The number of amides is 1. The van der Waals surface area contributed by atoms with Crippen LogP contribution in [0, 0.1) is 0 Å². The SMILES string of the molecule is CN(C)[C@H](CNC(=O)c1cccc(S(=O)(=O)Nc2ccccc2Cl)c1)c1ccco1.